The van der Waals surface area contributed by atoms with E-state index in [0.717, 1.165) is 48.1 Å². The lowest BCUT2D eigenvalue weighted by Crippen LogP contribution is -2.49. The molecule has 1 aliphatic heterocycles. The predicted molar refractivity (Wildman–Crippen MR) is 98.7 cm³/mol. The number of aromatic nitrogens is 3. The first-order chi connectivity index (χ1) is 12.2. The molecule has 8 heteroatoms. The Kier molecular flexibility index (Phi) is 4.70. The van der Waals surface area contributed by atoms with E-state index >= 15 is 0 Å². The maximum Gasteiger partial charge on any atom is 0.244 e. The van der Waals surface area contributed by atoms with Gasteiger partial charge in [0.1, 0.15) is 12.1 Å². The molecule has 0 saturated carbocycles. The summed E-state index contributed by atoms with van der Waals surface area (Å²) in [5.74, 6) is 0.0921. The molecule has 0 radical (unpaired) electrons. The molecule has 25 heavy (non-hydrogen) atoms. The second-order valence-electron chi connectivity index (χ2n) is 6.10. The number of benzene rings is 1. The van der Waals surface area contributed by atoms with Crippen LogP contribution >= 0.6 is 22.9 Å². The number of hydrogen-bond donors (Lipinski definition) is 0. The average molecular weight is 376 g/mol. The number of rotatable bonds is 4. The van der Waals surface area contributed by atoms with Gasteiger partial charge in [0.2, 0.25) is 5.91 Å². The minimum absolute atomic E-state index is 0.0921. The minimum Gasteiger partial charge on any atom is -0.339 e. The van der Waals surface area contributed by atoms with Crippen molar-refractivity contribution in [2.24, 2.45) is 0 Å². The molecule has 130 valence electrons. The Morgan fingerprint density at radius 2 is 1.92 bits per heavy atom. The van der Waals surface area contributed by atoms with E-state index in [-0.39, 0.29) is 12.5 Å². The number of fused-ring (bicyclic) bond motifs is 1. The van der Waals surface area contributed by atoms with Crippen molar-refractivity contribution in [2.45, 2.75) is 13.1 Å². The molecule has 6 nitrogen and oxygen atoms in total. The third-order valence-electron chi connectivity index (χ3n) is 4.44. The average Bonchev–Trinajstić information content (AvgIpc) is 3.22. The van der Waals surface area contributed by atoms with E-state index in [1.165, 1.54) is 4.88 Å². The first kappa shape index (κ1) is 16.5. The van der Waals surface area contributed by atoms with Crippen molar-refractivity contribution in [1.82, 2.24) is 24.8 Å². The van der Waals surface area contributed by atoms with Crippen LogP contribution in [0.25, 0.3) is 11.0 Å². The maximum absolute atomic E-state index is 12.6. The van der Waals surface area contributed by atoms with Crippen LogP contribution in [0, 0.1) is 0 Å². The molecule has 3 aromatic rings. The highest BCUT2D eigenvalue weighted by Crippen LogP contribution is 2.23. The zero-order valence-corrected chi connectivity index (χ0v) is 15.2. The van der Waals surface area contributed by atoms with Crippen molar-refractivity contribution in [3.63, 3.8) is 0 Å². The van der Waals surface area contributed by atoms with E-state index < -0.39 is 0 Å². The van der Waals surface area contributed by atoms with Crippen molar-refractivity contribution in [1.29, 1.82) is 0 Å². The maximum atomic E-state index is 12.6. The third-order valence-corrected chi connectivity index (χ3v) is 5.65. The predicted octanol–water partition coefficient (Wildman–Crippen LogP) is 2.49. The quantitative estimate of drug-likeness (QED) is 0.703. The molecule has 0 unspecified atom stereocenters. The van der Waals surface area contributed by atoms with Crippen LogP contribution in [0.5, 0.6) is 0 Å². The highest BCUT2D eigenvalue weighted by atomic mass is 35.5. The first-order valence-electron chi connectivity index (χ1n) is 8.21. The second kappa shape index (κ2) is 7.11. The van der Waals surface area contributed by atoms with Gasteiger partial charge in [-0.1, -0.05) is 28.9 Å². The third kappa shape index (κ3) is 3.68. The molecule has 0 atom stereocenters. The molecule has 0 spiro atoms. The summed E-state index contributed by atoms with van der Waals surface area (Å²) in [6.45, 7) is 4.36. The number of para-hydroxylation sites is 1. The van der Waals surface area contributed by atoms with Crippen molar-refractivity contribution in [2.75, 3.05) is 26.2 Å². The van der Waals surface area contributed by atoms with Gasteiger partial charge in [0, 0.05) is 37.6 Å². The molecule has 1 aromatic carbocycles. The van der Waals surface area contributed by atoms with Crippen LogP contribution in [-0.4, -0.2) is 56.9 Å². The second-order valence-corrected chi connectivity index (χ2v) is 7.90. The van der Waals surface area contributed by atoms with Crippen molar-refractivity contribution in [3.05, 3.63) is 45.6 Å². The summed E-state index contributed by atoms with van der Waals surface area (Å²) in [6.07, 6.45) is 0. The van der Waals surface area contributed by atoms with Gasteiger partial charge in [-0.15, -0.1) is 16.4 Å². The molecule has 2 aromatic heterocycles. The highest BCUT2D eigenvalue weighted by Gasteiger charge is 2.22. The largest absolute Gasteiger partial charge is 0.339 e. The summed E-state index contributed by atoms with van der Waals surface area (Å²) >= 11 is 7.60. The normalized spacial score (nSPS) is 15.8. The van der Waals surface area contributed by atoms with Crippen LogP contribution < -0.4 is 0 Å². The lowest BCUT2D eigenvalue weighted by molar-refractivity contribution is -0.133. The molecular formula is C17H18ClN5OS. The van der Waals surface area contributed by atoms with Gasteiger partial charge in [0.25, 0.3) is 0 Å². The zero-order chi connectivity index (χ0) is 17.2. The number of amides is 1. The van der Waals surface area contributed by atoms with Crippen molar-refractivity contribution in [3.8, 4) is 0 Å². The Morgan fingerprint density at radius 3 is 2.68 bits per heavy atom. The topological polar surface area (TPSA) is 54.3 Å². The van der Waals surface area contributed by atoms with E-state index in [1.54, 1.807) is 16.0 Å². The van der Waals surface area contributed by atoms with Crippen molar-refractivity contribution < 1.29 is 4.79 Å². The van der Waals surface area contributed by atoms with Gasteiger partial charge in [-0.25, -0.2) is 4.68 Å². The number of nitrogens with zero attached hydrogens (tertiary/aromatic N) is 5. The SMILES string of the molecule is O=C(Cn1nnc2ccccc21)N1CCN(Cc2ccc(Cl)s2)CC1. The van der Waals surface area contributed by atoms with E-state index in [4.69, 9.17) is 11.6 Å². The Hall–Kier alpha value is -1.96. The minimum atomic E-state index is 0.0921. The summed E-state index contributed by atoms with van der Waals surface area (Å²) in [5.41, 5.74) is 1.71. The van der Waals surface area contributed by atoms with Crippen LogP contribution in [0.4, 0.5) is 0 Å². The van der Waals surface area contributed by atoms with Crippen LogP contribution in [-0.2, 0) is 17.9 Å². The molecule has 0 aliphatic carbocycles. The lowest BCUT2D eigenvalue weighted by Gasteiger charge is -2.34. The number of halogens is 1. The lowest BCUT2D eigenvalue weighted by atomic mass is 10.3. The highest BCUT2D eigenvalue weighted by molar-refractivity contribution is 7.16. The van der Waals surface area contributed by atoms with E-state index in [0.29, 0.717) is 0 Å². The standard InChI is InChI=1S/C17H18ClN5OS/c18-16-6-5-13(25-16)11-21-7-9-22(10-8-21)17(24)12-23-15-4-2-1-3-14(15)19-20-23/h1-6H,7-12H2. The fraction of sp³-hybridized carbons (Fsp3) is 0.353. The number of carbonyl (C=O) groups is 1. The Morgan fingerprint density at radius 1 is 1.12 bits per heavy atom. The molecule has 1 saturated heterocycles. The number of carbonyl (C=O) groups excluding carboxylic acids is 1. The molecule has 3 heterocycles. The van der Waals surface area contributed by atoms with Gasteiger partial charge in [0.05, 0.1) is 9.85 Å². The molecule has 1 amide bonds. The first-order valence-corrected chi connectivity index (χ1v) is 9.41. The summed E-state index contributed by atoms with van der Waals surface area (Å²) in [4.78, 5) is 18.1. The van der Waals surface area contributed by atoms with Gasteiger partial charge in [-0.05, 0) is 24.3 Å². The van der Waals surface area contributed by atoms with E-state index in [1.807, 2.05) is 35.2 Å². The van der Waals surface area contributed by atoms with Gasteiger partial charge in [-0.3, -0.25) is 9.69 Å². The number of hydrogen-bond acceptors (Lipinski definition) is 5. The van der Waals surface area contributed by atoms with Crippen LogP contribution in [0.1, 0.15) is 4.88 Å². The summed E-state index contributed by atoms with van der Waals surface area (Å²) < 4.78 is 2.50. The molecular weight excluding hydrogens is 358 g/mol. The number of piperazine rings is 1. The monoisotopic (exact) mass is 375 g/mol. The zero-order valence-electron chi connectivity index (χ0n) is 13.6. The molecule has 1 aliphatic rings. The Labute approximate surface area is 154 Å². The van der Waals surface area contributed by atoms with E-state index in [9.17, 15) is 4.79 Å². The van der Waals surface area contributed by atoms with Crippen LogP contribution in [0.3, 0.4) is 0 Å². The smallest absolute Gasteiger partial charge is 0.244 e. The molecule has 0 N–H and O–H groups in total. The molecule has 4 rings (SSSR count). The fourth-order valence-electron chi connectivity index (χ4n) is 3.07. The molecule has 0 bridgehead atoms. The molecule has 1 fully saturated rings. The van der Waals surface area contributed by atoms with Crippen LogP contribution in [0.2, 0.25) is 4.34 Å². The van der Waals surface area contributed by atoms with Gasteiger partial charge < -0.3 is 4.90 Å². The van der Waals surface area contributed by atoms with Gasteiger partial charge in [0.15, 0.2) is 0 Å². The summed E-state index contributed by atoms with van der Waals surface area (Å²) in [6, 6.07) is 11.7. The van der Waals surface area contributed by atoms with Gasteiger partial charge >= 0.3 is 0 Å². The Balaban J connectivity index is 1.33. The number of thiophene rings is 1. The van der Waals surface area contributed by atoms with Gasteiger partial charge in [-0.2, -0.15) is 0 Å². The fourth-order valence-corrected chi connectivity index (χ4v) is 4.20. The van der Waals surface area contributed by atoms with E-state index in [2.05, 4.69) is 21.3 Å². The summed E-state index contributed by atoms with van der Waals surface area (Å²) in [7, 11) is 0. The van der Waals surface area contributed by atoms with Crippen molar-refractivity contribution >= 4 is 39.9 Å². The Bertz CT molecular complexity index is 884. The van der Waals surface area contributed by atoms with Crippen LogP contribution in [0.15, 0.2) is 36.4 Å². The summed E-state index contributed by atoms with van der Waals surface area (Å²) in [5, 5.41) is 8.20.